The zero-order valence-electron chi connectivity index (χ0n) is 10.1. The van der Waals surface area contributed by atoms with Crippen LogP contribution in [-0.4, -0.2) is 30.4 Å². The molecule has 4 nitrogen and oxygen atoms in total. The summed E-state index contributed by atoms with van der Waals surface area (Å²) in [7, 11) is 0. The van der Waals surface area contributed by atoms with E-state index in [0.717, 1.165) is 32.4 Å². The van der Waals surface area contributed by atoms with E-state index < -0.39 is 0 Å². The first-order chi connectivity index (χ1) is 8.29. The Hall–Kier alpha value is -1.50. The molecule has 1 heterocycles. The van der Waals surface area contributed by atoms with Crippen LogP contribution in [-0.2, 0) is 4.79 Å². The lowest BCUT2D eigenvalue weighted by atomic mass is 9.94. The van der Waals surface area contributed by atoms with E-state index in [-0.39, 0.29) is 11.8 Å². The highest BCUT2D eigenvalue weighted by Crippen LogP contribution is 2.18. The summed E-state index contributed by atoms with van der Waals surface area (Å²) in [5.74, 6) is 0.725. The van der Waals surface area contributed by atoms with Gasteiger partial charge in [0.2, 0.25) is 5.91 Å². The van der Waals surface area contributed by atoms with Crippen molar-refractivity contribution >= 4 is 5.91 Å². The molecular formula is C13H19N3O. The van der Waals surface area contributed by atoms with Gasteiger partial charge in [-0.3, -0.25) is 4.79 Å². The molecule has 2 atom stereocenters. The van der Waals surface area contributed by atoms with E-state index in [9.17, 15) is 4.79 Å². The lowest BCUT2D eigenvalue weighted by Gasteiger charge is -2.19. The van der Waals surface area contributed by atoms with Crippen molar-refractivity contribution < 1.29 is 4.79 Å². The van der Waals surface area contributed by atoms with Crippen LogP contribution in [0.15, 0.2) is 12.2 Å². The van der Waals surface area contributed by atoms with E-state index in [0.29, 0.717) is 12.5 Å². The number of nitriles is 1. The summed E-state index contributed by atoms with van der Waals surface area (Å²) in [5, 5.41) is 11.8. The van der Waals surface area contributed by atoms with Gasteiger partial charge in [0.15, 0.2) is 6.19 Å². The van der Waals surface area contributed by atoms with Crippen LogP contribution < -0.4 is 5.32 Å². The van der Waals surface area contributed by atoms with E-state index in [2.05, 4.69) is 23.7 Å². The maximum Gasteiger partial charge on any atom is 0.225 e. The fourth-order valence-corrected chi connectivity index (χ4v) is 2.50. The molecule has 1 aliphatic carbocycles. The second kappa shape index (κ2) is 5.72. The van der Waals surface area contributed by atoms with E-state index in [1.807, 2.05) is 0 Å². The zero-order chi connectivity index (χ0) is 12.1. The first-order valence-corrected chi connectivity index (χ1v) is 6.37. The summed E-state index contributed by atoms with van der Waals surface area (Å²) in [6, 6.07) is 0. The largest absolute Gasteiger partial charge is 0.356 e. The molecule has 17 heavy (non-hydrogen) atoms. The third kappa shape index (κ3) is 3.23. The molecule has 0 aromatic rings. The minimum absolute atomic E-state index is 0.00813. The van der Waals surface area contributed by atoms with Gasteiger partial charge in [-0.05, 0) is 31.6 Å². The highest BCUT2D eigenvalue weighted by Gasteiger charge is 2.27. The molecule has 4 heteroatoms. The molecule has 2 aliphatic rings. The van der Waals surface area contributed by atoms with Gasteiger partial charge in [0.1, 0.15) is 0 Å². The molecule has 0 aromatic heterocycles. The Kier molecular flexibility index (Phi) is 4.03. The predicted molar refractivity (Wildman–Crippen MR) is 64.8 cm³/mol. The molecule has 1 N–H and O–H groups in total. The Morgan fingerprint density at radius 1 is 1.47 bits per heavy atom. The van der Waals surface area contributed by atoms with Crippen molar-refractivity contribution in [3.8, 4) is 6.19 Å². The third-order valence-electron chi connectivity index (χ3n) is 3.64. The number of nitrogens with one attached hydrogen (secondary N) is 1. The van der Waals surface area contributed by atoms with Crippen LogP contribution in [0, 0.1) is 23.3 Å². The van der Waals surface area contributed by atoms with Crippen LogP contribution in [0.1, 0.15) is 25.7 Å². The van der Waals surface area contributed by atoms with Crippen molar-refractivity contribution in [1.82, 2.24) is 10.2 Å². The second-order valence-corrected chi connectivity index (χ2v) is 4.93. The Balaban J connectivity index is 1.71. The molecule has 1 aliphatic heterocycles. The first kappa shape index (κ1) is 12.0. The van der Waals surface area contributed by atoms with Crippen molar-refractivity contribution in [3.05, 3.63) is 12.2 Å². The lowest BCUT2D eigenvalue weighted by Crippen LogP contribution is -2.35. The standard InChI is InChI=1S/C13H19N3O/c14-10-16-7-6-12(9-16)13(17)15-8-11-4-2-1-3-5-11/h1-2,11-12H,3-9H2,(H,15,17). The molecule has 1 saturated heterocycles. The van der Waals surface area contributed by atoms with Crippen molar-refractivity contribution in [3.63, 3.8) is 0 Å². The fraction of sp³-hybridized carbons (Fsp3) is 0.692. The number of allylic oxidation sites excluding steroid dienone is 2. The highest BCUT2D eigenvalue weighted by molar-refractivity contribution is 5.79. The summed E-state index contributed by atoms with van der Waals surface area (Å²) < 4.78 is 0. The molecule has 2 unspecified atom stereocenters. The number of carbonyl (C=O) groups excluding carboxylic acids is 1. The summed E-state index contributed by atoms with van der Waals surface area (Å²) in [4.78, 5) is 13.5. The van der Waals surface area contributed by atoms with Crippen molar-refractivity contribution in [2.24, 2.45) is 11.8 Å². The lowest BCUT2D eigenvalue weighted by molar-refractivity contribution is -0.124. The number of likely N-dealkylation sites (tertiary alicyclic amines) is 1. The fourth-order valence-electron chi connectivity index (χ4n) is 2.50. The van der Waals surface area contributed by atoms with Gasteiger partial charge in [0.25, 0.3) is 0 Å². The van der Waals surface area contributed by atoms with Gasteiger partial charge in [0.05, 0.1) is 5.92 Å². The van der Waals surface area contributed by atoms with E-state index in [1.165, 1.54) is 6.42 Å². The normalized spacial score (nSPS) is 27.8. The molecule has 1 amide bonds. The number of hydrogen-bond acceptors (Lipinski definition) is 3. The maximum atomic E-state index is 11.9. The van der Waals surface area contributed by atoms with Gasteiger partial charge in [-0.2, -0.15) is 5.26 Å². The van der Waals surface area contributed by atoms with Crippen LogP contribution in [0.25, 0.3) is 0 Å². The topological polar surface area (TPSA) is 56.1 Å². The number of hydrogen-bond donors (Lipinski definition) is 1. The van der Waals surface area contributed by atoms with E-state index in [1.54, 1.807) is 4.90 Å². The zero-order valence-corrected chi connectivity index (χ0v) is 10.1. The maximum absolute atomic E-state index is 11.9. The minimum atomic E-state index is 0.00813. The smallest absolute Gasteiger partial charge is 0.225 e. The highest BCUT2D eigenvalue weighted by atomic mass is 16.1. The number of carbonyl (C=O) groups is 1. The molecule has 0 radical (unpaired) electrons. The number of rotatable bonds is 3. The molecule has 0 aromatic carbocycles. The van der Waals surface area contributed by atoms with Crippen LogP contribution >= 0.6 is 0 Å². The molecule has 0 saturated carbocycles. The Morgan fingerprint density at radius 2 is 2.35 bits per heavy atom. The Morgan fingerprint density at radius 3 is 3.00 bits per heavy atom. The van der Waals surface area contributed by atoms with Gasteiger partial charge < -0.3 is 10.2 Å². The van der Waals surface area contributed by atoms with Gasteiger partial charge in [-0.1, -0.05) is 12.2 Å². The van der Waals surface area contributed by atoms with Gasteiger partial charge in [0, 0.05) is 19.6 Å². The van der Waals surface area contributed by atoms with Crippen molar-refractivity contribution in [2.75, 3.05) is 19.6 Å². The van der Waals surface area contributed by atoms with Crippen LogP contribution in [0.5, 0.6) is 0 Å². The second-order valence-electron chi connectivity index (χ2n) is 4.93. The van der Waals surface area contributed by atoms with Gasteiger partial charge in [-0.25, -0.2) is 0 Å². The van der Waals surface area contributed by atoms with Crippen LogP contribution in [0.3, 0.4) is 0 Å². The van der Waals surface area contributed by atoms with E-state index >= 15 is 0 Å². The monoisotopic (exact) mass is 233 g/mol. The molecule has 0 bridgehead atoms. The number of nitrogens with zero attached hydrogens (tertiary/aromatic N) is 2. The average molecular weight is 233 g/mol. The average Bonchev–Trinajstić information content (AvgIpc) is 2.86. The Labute approximate surface area is 102 Å². The SMILES string of the molecule is N#CN1CCC(C(=O)NCC2CC=CCC2)C1. The van der Waals surface area contributed by atoms with Crippen LogP contribution in [0.2, 0.25) is 0 Å². The van der Waals surface area contributed by atoms with E-state index in [4.69, 9.17) is 5.26 Å². The quantitative estimate of drug-likeness (QED) is 0.590. The predicted octanol–water partition coefficient (Wildman–Crippen LogP) is 1.26. The van der Waals surface area contributed by atoms with Crippen molar-refractivity contribution in [2.45, 2.75) is 25.7 Å². The first-order valence-electron chi connectivity index (χ1n) is 6.37. The van der Waals surface area contributed by atoms with Gasteiger partial charge in [-0.15, -0.1) is 0 Å². The summed E-state index contributed by atoms with van der Waals surface area (Å²) in [6.45, 7) is 2.10. The number of amides is 1. The summed E-state index contributed by atoms with van der Waals surface area (Å²) in [6.07, 6.45) is 10.7. The van der Waals surface area contributed by atoms with Crippen LogP contribution in [0.4, 0.5) is 0 Å². The summed E-state index contributed by atoms with van der Waals surface area (Å²) in [5.41, 5.74) is 0. The third-order valence-corrected chi connectivity index (χ3v) is 3.64. The molecule has 2 rings (SSSR count). The summed E-state index contributed by atoms with van der Waals surface area (Å²) >= 11 is 0. The molecule has 1 fully saturated rings. The Bertz CT molecular complexity index is 345. The molecule has 92 valence electrons. The van der Waals surface area contributed by atoms with Gasteiger partial charge >= 0.3 is 0 Å². The molecule has 0 spiro atoms. The van der Waals surface area contributed by atoms with Crippen molar-refractivity contribution in [1.29, 1.82) is 5.26 Å². The molecular weight excluding hydrogens is 214 g/mol. The minimum Gasteiger partial charge on any atom is -0.356 e.